The van der Waals surface area contributed by atoms with Crippen molar-refractivity contribution in [3.8, 4) is 11.1 Å². The van der Waals surface area contributed by atoms with Gasteiger partial charge >= 0.3 is 11.9 Å². The first-order valence-electron chi connectivity index (χ1n) is 11.0. The Bertz CT molecular complexity index is 1280. The van der Waals surface area contributed by atoms with Crippen molar-refractivity contribution in [1.29, 1.82) is 0 Å². The van der Waals surface area contributed by atoms with E-state index in [0.29, 0.717) is 25.3 Å². The molecule has 0 radical (unpaired) electrons. The van der Waals surface area contributed by atoms with Gasteiger partial charge in [-0.3, -0.25) is 9.59 Å². The average molecular weight is 457 g/mol. The molecular weight excluding hydrogens is 434 g/mol. The smallest absolute Gasteiger partial charge is 0.337 e. The molecule has 2 aliphatic heterocycles. The van der Waals surface area contributed by atoms with Crippen LogP contribution in [-0.4, -0.2) is 57.6 Å². The number of carbonyl (C=O) groups is 3. The number of anilines is 2. The molecule has 172 valence electrons. The van der Waals surface area contributed by atoms with E-state index in [4.69, 9.17) is 5.11 Å². The second-order valence-electron chi connectivity index (χ2n) is 8.82. The lowest BCUT2D eigenvalue weighted by atomic mass is 9.74. The van der Waals surface area contributed by atoms with E-state index in [0.717, 1.165) is 22.4 Å². The van der Waals surface area contributed by atoms with Crippen LogP contribution in [0.1, 0.15) is 28.8 Å². The van der Waals surface area contributed by atoms with Crippen LogP contribution < -0.4 is 4.90 Å². The minimum atomic E-state index is -1.08. The highest BCUT2D eigenvalue weighted by atomic mass is 16.4. The molecule has 1 saturated heterocycles. The van der Waals surface area contributed by atoms with Crippen LogP contribution in [0.25, 0.3) is 11.1 Å². The average Bonchev–Trinajstić information content (AvgIpc) is 3.14. The van der Waals surface area contributed by atoms with Gasteiger partial charge in [0.15, 0.2) is 0 Å². The van der Waals surface area contributed by atoms with Crippen molar-refractivity contribution in [3.63, 3.8) is 0 Å². The lowest BCUT2D eigenvalue weighted by Gasteiger charge is -2.38. The van der Waals surface area contributed by atoms with E-state index in [-0.39, 0.29) is 24.4 Å². The fourth-order valence-electron chi connectivity index (χ4n) is 4.98. The van der Waals surface area contributed by atoms with Crippen LogP contribution in [-0.2, 0) is 15.0 Å². The largest absolute Gasteiger partial charge is 0.480 e. The van der Waals surface area contributed by atoms with Gasteiger partial charge < -0.3 is 20.0 Å². The number of nitrogens with zero attached hydrogens (tertiary/aromatic N) is 3. The molecule has 1 fully saturated rings. The Morgan fingerprint density at radius 1 is 1.00 bits per heavy atom. The fourth-order valence-corrected chi connectivity index (χ4v) is 4.98. The lowest BCUT2D eigenvalue weighted by Crippen LogP contribution is -2.49. The molecule has 1 amide bonds. The summed E-state index contributed by atoms with van der Waals surface area (Å²) >= 11 is 0. The summed E-state index contributed by atoms with van der Waals surface area (Å²) in [5.41, 5.74) is 3.24. The number of benzene rings is 2. The number of piperidine rings is 1. The summed E-state index contributed by atoms with van der Waals surface area (Å²) in [5.74, 6) is -1.74. The number of carboxylic acid groups (broad SMARTS) is 2. The van der Waals surface area contributed by atoms with Crippen molar-refractivity contribution in [2.75, 3.05) is 24.5 Å². The van der Waals surface area contributed by atoms with E-state index in [9.17, 15) is 19.5 Å². The van der Waals surface area contributed by atoms with E-state index < -0.39 is 17.4 Å². The molecule has 2 aromatic carbocycles. The van der Waals surface area contributed by atoms with Crippen molar-refractivity contribution in [2.24, 2.45) is 0 Å². The molecule has 34 heavy (non-hydrogen) atoms. The zero-order chi connectivity index (χ0) is 23.9. The molecule has 8 heteroatoms. The number of aromatic carboxylic acids is 1. The highest BCUT2D eigenvalue weighted by molar-refractivity contribution is 5.90. The number of pyridine rings is 1. The number of rotatable bonds is 5. The Kier molecular flexibility index (Phi) is 5.28. The third-order valence-corrected chi connectivity index (χ3v) is 6.72. The van der Waals surface area contributed by atoms with Gasteiger partial charge in [0.05, 0.1) is 5.56 Å². The third kappa shape index (κ3) is 3.77. The summed E-state index contributed by atoms with van der Waals surface area (Å²) in [4.78, 5) is 43.5. The zero-order valence-electron chi connectivity index (χ0n) is 18.3. The predicted octanol–water partition coefficient (Wildman–Crippen LogP) is 3.54. The van der Waals surface area contributed by atoms with Gasteiger partial charge in [0.25, 0.3) is 0 Å². The Hall–Kier alpha value is -4.20. The van der Waals surface area contributed by atoms with Gasteiger partial charge in [-0.15, -0.1) is 0 Å². The summed E-state index contributed by atoms with van der Waals surface area (Å²) in [7, 11) is 0. The number of carboxylic acids is 2. The number of amides is 1. The van der Waals surface area contributed by atoms with Gasteiger partial charge in [0.1, 0.15) is 12.4 Å². The van der Waals surface area contributed by atoms with E-state index >= 15 is 0 Å². The molecule has 5 rings (SSSR count). The molecule has 1 spiro atoms. The standard InChI is InChI=1S/C26H23N3O5/c30-22-13-26(10-11-28(22)15-23(31)32)16-29(24-21(26)12-19(14-27-24)25(33)34)20-8-6-18(7-9-20)17-4-2-1-3-5-17/h1-9,12,14H,10-11,13,15-16H2,(H,31,32)(H,33,34). The predicted molar refractivity (Wildman–Crippen MR) is 125 cm³/mol. The van der Waals surface area contributed by atoms with Gasteiger partial charge in [-0.25, -0.2) is 9.78 Å². The SMILES string of the molecule is O=C(O)CN1CCC2(CC1=O)CN(c1ccc(-c3ccccc3)cc1)c1ncc(C(=O)O)cc12. The summed E-state index contributed by atoms with van der Waals surface area (Å²) < 4.78 is 0. The van der Waals surface area contributed by atoms with E-state index in [1.165, 1.54) is 11.1 Å². The quantitative estimate of drug-likeness (QED) is 0.603. The molecule has 2 aliphatic rings. The first kappa shape index (κ1) is 21.6. The van der Waals surface area contributed by atoms with E-state index in [1.807, 2.05) is 59.5 Å². The van der Waals surface area contributed by atoms with Crippen molar-refractivity contribution in [3.05, 3.63) is 78.0 Å². The monoisotopic (exact) mass is 457 g/mol. The number of fused-ring (bicyclic) bond motifs is 2. The second kappa shape index (κ2) is 8.30. The fraction of sp³-hybridized carbons (Fsp3) is 0.231. The maximum Gasteiger partial charge on any atom is 0.337 e. The topological polar surface area (TPSA) is 111 Å². The number of carbonyl (C=O) groups excluding carboxylic acids is 1. The Morgan fingerprint density at radius 3 is 2.35 bits per heavy atom. The van der Waals surface area contributed by atoms with Crippen LogP contribution in [0.15, 0.2) is 66.9 Å². The van der Waals surface area contributed by atoms with Crippen molar-refractivity contribution >= 4 is 29.4 Å². The minimum Gasteiger partial charge on any atom is -0.480 e. The molecular formula is C26H23N3O5. The highest BCUT2D eigenvalue weighted by Gasteiger charge is 2.49. The maximum absolute atomic E-state index is 12.9. The lowest BCUT2D eigenvalue weighted by molar-refractivity contribution is -0.146. The van der Waals surface area contributed by atoms with Crippen molar-refractivity contribution < 1.29 is 24.6 Å². The molecule has 3 heterocycles. The van der Waals surface area contributed by atoms with Gasteiger partial charge in [-0.1, -0.05) is 42.5 Å². The number of hydrogen-bond donors (Lipinski definition) is 2. The summed E-state index contributed by atoms with van der Waals surface area (Å²) in [6.07, 6.45) is 1.98. The van der Waals surface area contributed by atoms with Crippen LogP contribution in [0.4, 0.5) is 11.5 Å². The van der Waals surface area contributed by atoms with Crippen LogP contribution in [0.3, 0.4) is 0 Å². The minimum absolute atomic E-state index is 0.0693. The molecule has 1 aromatic heterocycles. The summed E-state index contributed by atoms with van der Waals surface area (Å²) in [5, 5.41) is 18.6. The van der Waals surface area contributed by atoms with E-state index in [1.54, 1.807) is 6.07 Å². The molecule has 8 nitrogen and oxygen atoms in total. The van der Waals surface area contributed by atoms with Crippen LogP contribution in [0.2, 0.25) is 0 Å². The molecule has 3 aromatic rings. The van der Waals surface area contributed by atoms with Crippen molar-refractivity contribution in [2.45, 2.75) is 18.3 Å². The van der Waals surface area contributed by atoms with E-state index in [2.05, 4.69) is 4.98 Å². The number of hydrogen-bond acceptors (Lipinski definition) is 5. The molecule has 0 aliphatic carbocycles. The van der Waals surface area contributed by atoms with Gasteiger partial charge in [-0.05, 0) is 35.7 Å². The normalized spacial score (nSPS) is 19.4. The first-order chi connectivity index (χ1) is 16.4. The molecule has 1 atom stereocenters. The van der Waals surface area contributed by atoms with Gasteiger partial charge in [-0.2, -0.15) is 0 Å². The number of aromatic nitrogens is 1. The van der Waals surface area contributed by atoms with Crippen LogP contribution in [0, 0.1) is 0 Å². The highest BCUT2D eigenvalue weighted by Crippen LogP contribution is 2.49. The molecule has 1 unspecified atom stereocenters. The number of likely N-dealkylation sites (tertiary alicyclic amines) is 1. The maximum atomic E-state index is 12.9. The van der Waals surface area contributed by atoms with Gasteiger partial charge in [0, 0.05) is 42.4 Å². The molecule has 0 saturated carbocycles. The second-order valence-corrected chi connectivity index (χ2v) is 8.82. The molecule has 0 bridgehead atoms. The van der Waals surface area contributed by atoms with Crippen LogP contribution >= 0.6 is 0 Å². The van der Waals surface area contributed by atoms with Crippen LogP contribution in [0.5, 0.6) is 0 Å². The Morgan fingerprint density at radius 2 is 1.71 bits per heavy atom. The Balaban J connectivity index is 1.51. The first-order valence-corrected chi connectivity index (χ1v) is 11.0. The van der Waals surface area contributed by atoms with Crippen molar-refractivity contribution in [1.82, 2.24) is 9.88 Å². The summed E-state index contributed by atoms with van der Waals surface area (Å²) in [6, 6.07) is 19.7. The summed E-state index contributed by atoms with van der Waals surface area (Å²) in [6.45, 7) is 0.429. The molecule has 2 N–H and O–H groups in total. The Labute approximate surface area is 196 Å². The van der Waals surface area contributed by atoms with Gasteiger partial charge in [0.2, 0.25) is 5.91 Å². The zero-order valence-corrected chi connectivity index (χ0v) is 18.3. The third-order valence-electron chi connectivity index (χ3n) is 6.72. The number of aliphatic carboxylic acids is 1.